The summed E-state index contributed by atoms with van der Waals surface area (Å²) < 4.78 is 7.56. The second-order valence-electron chi connectivity index (χ2n) is 17.2. The van der Waals surface area contributed by atoms with Crippen molar-refractivity contribution in [2.24, 2.45) is 0 Å². The molecule has 0 fully saturated rings. The second kappa shape index (κ2) is 13.8. The molecular formula is C57H42OSSi2. The summed E-state index contributed by atoms with van der Waals surface area (Å²) >= 11 is 2.09. The number of hydrogen-bond acceptors (Lipinski definition) is 2. The monoisotopic (exact) mass is 830 g/mol. The molecule has 1 aliphatic heterocycles. The SMILES string of the molecule is C[Si]1(C)Sc2ccccc2[Si](C)(c2ccc3c4ccccc4c4cc5c6ccccc6c6ccccc6c6ccccc6c5cc4c4ccccc4c3c2)Oc2ccccc21. The minimum absolute atomic E-state index is 1.04. The number of fused-ring (bicyclic) bond motifs is 18. The highest BCUT2D eigenvalue weighted by Gasteiger charge is 2.43. The largest absolute Gasteiger partial charge is 0.535 e. The van der Waals surface area contributed by atoms with Gasteiger partial charge in [0.1, 0.15) is 5.75 Å². The molecule has 1 atom stereocenters. The Morgan fingerprint density at radius 2 is 0.639 bits per heavy atom. The maximum Gasteiger partial charge on any atom is 0.312 e. The van der Waals surface area contributed by atoms with Crippen LogP contribution in [-0.4, -0.2) is 15.5 Å². The highest BCUT2D eigenvalue weighted by Crippen LogP contribution is 2.42. The van der Waals surface area contributed by atoms with Crippen molar-refractivity contribution in [2.45, 2.75) is 24.5 Å². The third-order valence-corrected chi connectivity index (χ3v) is 22.6. The van der Waals surface area contributed by atoms with Crippen molar-refractivity contribution in [1.29, 1.82) is 0 Å². The summed E-state index contributed by atoms with van der Waals surface area (Å²) in [5, 5.41) is 24.0. The molecular weight excluding hydrogens is 789 g/mol. The molecule has 0 radical (unpaired) electrons. The fraction of sp³-hybridized carbons (Fsp3) is 0.0526. The first-order valence-electron chi connectivity index (χ1n) is 21.3. The minimum atomic E-state index is -2.83. The normalized spacial score (nSPS) is 16.0. The van der Waals surface area contributed by atoms with E-state index in [9.17, 15) is 0 Å². The topological polar surface area (TPSA) is 9.23 Å². The van der Waals surface area contributed by atoms with Crippen LogP contribution in [-0.2, 0) is 0 Å². The molecule has 0 spiro atoms. The lowest BCUT2D eigenvalue weighted by Crippen LogP contribution is -2.63. The van der Waals surface area contributed by atoms with Gasteiger partial charge < -0.3 is 4.43 Å². The van der Waals surface area contributed by atoms with Gasteiger partial charge in [0.05, 0.1) is 0 Å². The Bertz CT molecular complexity index is 3720. The fourth-order valence-electron chi connectivity index (χ4n) is 10.4. The van der Waals surface area contributed by atoms with Crippen LogP contribution in [0, 0.1) is 0 Å². The van der Waals surface area contributed by atoms with Crippen molar-refractivity contribution in [2.75, 3.05) is 0 Å². The van der Waals surface area contributed by atoms with Gasteiger partial charge in [0, 0.05) is 4.90 Å². The zero-order valence-corrected chi connectivity index (χ0v) is 37.2. The highest BCUT2D eigenvalue weighted by atomic mass is 32.4. The average molecular weight is 831 g/mol. The number of hydrogen-bond donors (Lipinski definition) is 0. The number of benzene rings is 9. The summed E-state index contributed by atoms with van der Waals surface area (Å²) in [5.41, 5.74) is 0. The van der Waals surface area contributed by atoms with Crippen LogP contribution in [0.15, 0.2) is 205 Å². The zero-order chi connectivity index (χ0) is 40.9. The van der Waals surface area contributed by atoms with Crippen LogP contribution in [0.2, 0.25) is 19.6 Å². The van der Waals surface area contributed by atoms with Crippen LogP contribution in [0.5, 0.6) is 5.75 Å². The van der Waals surface area contributed by atoms with Gasteiger partial charge in [0.15, 0.2) is 7.22 Å². The smallest absolute Gasteiger partial charge is 0.312 e. The summed E-state index contributed by atoms with van der Waals surface area (Å²) in [7, 11) is -4.76. The van der Waals surface area contributed by atoms with Crippen molar-refractivity contribution < 1.29 is 4.43 Å². The van der Waals surface area contributed by atoms with Crippen LogP contribution in [0.4, 0.5) is 0 Å². The van der Waals surface area contributed by atoms with Gasteiger partial charge in [-0.25, -0.2) is 0 Å². The molecule has 0 aromatic heterocycles. The lowest BCUT2D eigenvalue weighted by atomic mass is 9.90. The van der Waals surface area contributed by atoms with Crippen LogP contribution in [0.3, 0.4) is 0 Å². The predicted molar refractivity (Wildman–Crippen MR) is 271 cm³/mol. The predicted octanol–water partition coefficient (Wildman–Crippen LogP) is 14.3. The van der Waals surface area contributed by atoms with Crippen LogP contribution >= 0.6 is 11.2 Å². The van der Waals surface area contributed by atoms with E-state index in [1.54, 1.807) is 0 Å². The van der Waals surface area contributed by atoms with E-state index < -0.39 is 15.5 Å². The van der Waals surface area contributed by atoms with E-state index in [4.69, 9.17) is 4.43 Å². The number of rotatable bonds is 1. The molecule has 1 nitrogen and oxygen atoms in total. The van der Waals surface area contributed by atoms with E-state index in [0.717, 1.165) is 5.75 Å². The average Bonchev–Trinajstić information content (AvgIpc) is 3.30. The molecule has 290 valence electrons. The van der Waals surface area contributed by atoms with E-state index in [1.807, 2.05) is 0 Å². The molecule has 0 bridgehead atoms. The van der Waals surface area contributed by atoms with Gasteiger partial charge in [-0.15, -0.1) is 11.2 Å². The van der Waals surface area contributed by atoms with E-state index in [-0.39, 0.29) is 0 Å². The first kappa shape index (κ1) is 36.4. The van der Waals surface area contributed by atoms with Crippen molar-refractivity contribution >= 4 is 128 Å². The van der Waals surface area contributed by atoms with E-state index >= 15 is 0 Å². The van der Waals surface area contributed by atoms with Crippen molar-refractivity contribution in [3.8, 4) is 5.75 Å². The molecule has 0 saturated carbocycles. The van der Waals surface area contributed by atoms with Crippen molar-refractivity contribution in [1.82, 2.24) is 0 Å². The van der Waals surface area contributed by atoms with Gasteiger partial charge in [-0.1, -0.05) is 189 Å². The summed E-state index contributed by atoms with van der Waals surface area (Å²) in [5.74, 6) is 1.04. The Kier molecular flexibility index (Phi) is 8.24. The van der Waals surface area contributed by atoms with E-state index in [1.165, 1.54) is 107 Å². The third-order valence-electron chi connectivity index (χ3n) is 13.3. The maximum absolute atomic E-state index is 7.56. The van der Waals surface area contributed by atoms with E-state index in [0.29, 0.717) is 0 Å². The zero-order valence-electron chi connectivity index (χ0n) is 34.4. The summed E-state index contributed by atoms with van der Waals surface area (Å²) in [6.07, 6.45) is 0. The fourth-order valence-corrected chi connectivity index (χ4v) is 19.7. The van der Waals surface area contributed by atoms with Gasteiger partial charge in [0.25, 0.3) is 0 Å². The van der Waals surface area contributed by atoms with Gasteiger partial charge in [0.2, 0.25) is 0 Å². The lowest BCUT2D eigenvalue weighted by molar-refractivity contribution is 0.574. The molecule has 0 N–H and O–H groups in total. The van der Waals surface area contributed by atoms with Crippen molar-refractivity contribution in [3.05, 3.63) is 200 Å². The molecule has 1 aliphatic rings. The molecule has 11 aromatic rings. The Balaban J connectivity index is 1.25. The Morgan fingerprint density at radius 1 is 0.311 bits per heavy atom. The summed E-state index contributed by atoms with van der Waals surface area (Å²) in [6, 6.07) is 75.1. The molecule has 11 aromatic carbocycles. The Labute approximate surface area is 361 Å². The second-order valence-corrected chi connectivity index (χ2v) is 28.4. The maximum atomic E-state index is 7.56. The van der Waals surface area contributed by atoms with E-state index in [2.05, 4.69) is 231 Å². The molecule has 1 heterocycles. The number of para-hydroxylation sites is 1. The minimum Gasteiger partial charge on any atom is -0.535 e. The standard InChI is InChI=1S/C57H42OSSi2/c1-60(2)56-30-16-14-28-54(56)58-61(3,57-31-17-15-29-55(57)59-60)37-32-33-48-42-22-8-11-25-45(42)52-35-50-43-23-9-6-20-40(43)38-18-4-5-19-39(38)41-21-7-10-24-44(41)51(50)36-53(52)47-27-13-12-26-46(47)49(48)34-37/h4-36H,1-3H3. The summed E-state index contributed by atoms with van der Waals surface area (Å²) in [4.78, 5) is 1.36. The molecule has 0 aliphatic carbocycles. The van der Waals surface area contributed by atoms with Gasteiger partial charge in [-0.3, -0.25) is 0 Å². The van der Waals surface area contributed by atoms with Crippen LogP contribution < -0.4 is 20.0 Å². The first-order valence-corrected chi connectivity index (χ1v) is 28.2. The lowest BCUT2D eigenvalue weighted by Gasteiger charge is -2.37. The molecule has 0 saturated heterocycles. The molecule has 61 heavy (non-hydrogen) atoms. The van der Waals surface area contributed by atoms with Crippen molar-refractivity contribution in [3.63, 3.8) is 0 Å². The van der Waals surface area contributed by atoms with Gasteiger partial charge >= 0.3 is 8.32 Å². The first-order chi connectivity index (χ1) is 29.9. The van der Waals surface area contributed by atoms with Gasteiger partial charge in [-0.2, -0.15) is 0 Å². The Morgan fingerprint density at radius 3 is 1.08 bits per heavy atom. The molecule has 1 unspecified atom stereocenters. The third kappa shape index (κ3) is 5.59. The molecule has 4 heteroatoms. The molecule has 0 amide bonds. The van der Waals surface area contributed by atoms with Crippen LogP contribution in [0.1, 0.15) is 0 Å². The highest BCUT2D eigenvalue weighted by molar-refractivity contribution is 8.30. The molecule has 12 rings (SSSR count). The quantitative estimate of drug-likeness (QED) is 0.152. The van der Waals surface area contributed by atoms with Crippen LogP contribution in [0.25, 0.3) is 86.2 Å². The summed E-state index contributed by atoms with van der Waals surface area (Å²) in [6.45, 7) is 7.32. The van der Waals surface area contributed by atoms with Gasteiger partial charge in [-0.05, 0) is 133 Å². The Hall–Kier alpha value is -6.44.